The number of rotatable bonds is 4. The second-order valence-electron chi connectivity index (χ2n) is 28.1. The number of aryl methyl sites for hydroxylation is 2. The van der Waals surface area contributed by atoms with Gasteiger partial charge in [0.05, 0.1) is 26.1 Å². The highest BCUT2D eigenvalue weighted by Gasteiger charge is 2.45. The number of thiophene rings is 2. The third kappa shape index (κ3) is 7.77. The van der Waals surface area contributed by atoms with Crippen LogP contribution >= 0.6 is 22.7 Å². The van der Waals surface area contributed by atoms with Gasteiger partial charge in [-0.3, -0.25) is 0 Å². The number of anilines is 6. The van der Waals surface area contributed by atoms with Crippen molar-refractivity contribution in [1.82, 2.24) is 4.57 Å². The lowest BCUT2D eigenvalue weighted by Gasteiger charge is -2.42. The summed E-state index contributed by atoms with van der Waals surface area (Å²) in [6.07, 6.45) is 0. The monoisotopic (exact) mass is 1060 g/mol. The van der Waals surface area contributed by atoms with Crippen molar-refractivity contribution in [1.29, 1.82) is 0 Å². The van der Waals surface area contributed by atoms with Crippen LogP contribution in [0.5, 0.6) is 0 Å². The number of benzene rings is 8. The number of nitrogens with zero attached hydrogens (tertiary/aromatic N) is 3. The molecular formula is C72H74BN3S2. The number of hydrogen-bond donors (Lipinski definition) is 0. The molecule has 0 atom stereocenters. The minimum absolute atomic E-state index is 0.0164. The maximum atomic E-state index is 2.71. The lowest BCUT2D eigenvalue weighted by Crippen LogP contribution is -2.60. The van der Waals surface area contributed by atoms with Crippen molar-refractivity contribution in [2.45, 2.75) is 145 Å². The lowest BCUT2D eigenvalue weighted by molar-refractivity contribution is 0.589. The van der Waals surface area contributed by atoms with Crippen molar-refractivity contribution in [3.8, 4) is 5.69 Å². The van der Waals surface area contributed by atoms with Crippen molar-refractivity contribution in [2.24, 2.45) is 0 Å². The van der Waals surface area contributed by atoms with E-state index in [2.05, 4.69) is 272 Å². The van der Waals surface area contributed by atoms with Crippen LogP contribution in [0, 0.1) is 13.8 Å². The van der Waals surface area contributed by atoms with Crippen LogP contribution in [0.4, 0.5) is 34.1 Å². The highest BCUT2D eigenvalue weighted by molar-refractivity contribution is 7.27. The Hall–Kier alpha value is -6.60. The molecule has 5 heterocycles. The van der Waals surface area contributed by atoms with Gasteiger partial charge in [0.25, 0.3) is 6.71 Å². The first-order chi connectivity index (χ1) is 36.7. The lowest BCUT2D eigenvalue weighted by atomic mass is 9.33. The number of hydrogen-bond acceptors (Lipinski definition) is 4. The molecule has 0 N–H and O–H groups in total. The largest absolute Gasteiger partial charge is 0.310 e. The van der Waals surface area contributed by atoms with Gasteiger partial charge in [0, 0.05) is 65.1 Å². The average Bonchev–Trinajstić information content (AvgIpc) is 2.47. The molecule has 392 valence electrons. The van der Waals surface area contributed by atoms with Gasteiger partial charge in [-0.1, -0.05) is 183 Å². The molecule has 3 nitrogen and oxygen atoms in total. The average molecular weight is 1060 g/mol. The Morgan fingerprint density at radius 2 is 0.949 bits per heavy atom. The zero-order valence-corrected chi connectivity index (χ0v) is 50.6. The van der Waals surface area contributed by atoms with Crippen LogP contribution in [0.25, 0.3) is 57.1 Å². The molecule has 0 aliphatic carbocycles. The molecule has 13 rings (SSSR count). The van der Waals surface area contributed by atoms with E-state index in [9.17, 15) is 0 Å². The van der Waals surface area contributed by atoms with E-state index in [0.717, 1.165) is 5.69 Å². The molecule has 0 bridgehead atoms. The fraction of sp³-hybridized carbons (Fsp3) is 0.306. The quantitative estimate of drug-likeness (QED) is 0.163. The molecule has 8 aromatic carbocycles. The predicted molar refractivity (Wildman–Crippen MR) is 346 cm³/mol. The Labute approximate surface area is 471 Å². The molecule has 78 heavy (non-hydrogen) atoms. The van der Waals surface area contributed by atoms with Crippen LogP contribution < -0.4 is 26.2 Å². The Bertz CT molecular complexity index is 4270. The maximum absolute atomic E-state index is 2.71. The molecule has 0 radical (unpaired) electrons. The van der Waals surface area contributed by atoms with E-state index >= 15 is 0 Å². The van der Waals surface area contributed by atoms with Crippen LogP contribution in [0.2, 0.25) is 0 Å². The minimum Gasteiger partial charge on any atom is -0.310 e. The van der Waals surface area contributed by atoms with E-state index in [1.165, 1.54) is 141 Å². The summed E-state index contributed by atoms with van der Waals surface area (Å²) in [6, 6.07) is 55.5. The summed E-state index contributed by atoms with van der Waals surface area (Å²) < 4.78 is 8.06. The highest BCUT2D eigenvalue weighted by Crippen LogP contribution is 2.52. The van der Waals surface area contributed by atoms with E-state index < -0.39 is 0 Å². The first-order valence-corrected chi connectivity index (χ1v) is 29.9. The zero-order valence-electron chi connectivity index (χ0n) is 49.0. The Morgan fingerprint density at radius 1 is 0.385 bits per heavy atom. The molecule has 11 aromatic rings. The normalized spacial score (nSPS) is 13.9. The summed E-state index contributed by atoms with van der Waals surface area (Å²) in [5, 5.41) is 5.31. The van der Waals surface area contributed by atoms with Crippen molar-refractivity contribution in [3.05, 3.63) is 178 Å². The van der Waals surface area contributed by atoms with Crippen molar-refractivity contribution in [2.75, 3.05) is 9.80 Å². The molecule has 0 unspecified atom stereocenters. The molecule has 3 aromatic heterocycles. The molecule has 0 spiro atoms. The van der Waals surface area contributed by atoms with Gasteiger partial charge >= 0.3 is 0 Å². The van der Waals surface area contributed by atoms with Gasteiger partial charge in [-0.2, -0.15) is 0 Å². The van der Waals surface area contributed by atoms with Gasteiger partial charge in [0.2, 0.25) is 0 Å². The highest BCUT2D eigenvalue weighted by atomic mass is 32.1. The second-order valence-corrected chi connectivity index (χ2v) is 30.2. The standard InChI is InChI=1S/C72H74BN3S2/c1-41-33-43(68(3,4)5)26-31-55(41)74(56-32-27-44(34-42(56)2)69(6,7)8)48-28-30-53-58(40-48)75(57-23-20-22-50-49-29-25-45(70(9,10)11)39-62(49)78-66(50)57)59-37-47(72(15,16)17)38-60-63(59)73(53)54-36-46(71(12,13)14)35-52-64(54)76(60)65-51-21-18-19-24-61(51)77-67(52)65/h18-40H,1-17H3. The predicted octanol–water partition coefficient (Wildman–Crippen LogP) is 19.6. The summed E-state index contributed by atoms with van der Waals surface area (Å²) in [6.45, 7) is 39.8. The van der Waals surface area contributed by atoms with E-state index in [1.807, 2.05) is 22.7 Å². The summed E-state index contributed by atoms with van der Waals surface area (Å²) >= 11 is 3.91. The van der Waals surface area contributed by atoms with Crippen LogP contribution in [-0.4, -0.2) is 11.3 Å². The molecule has 0 fully saturated rings. The summed E-state index contributed by atoms with van der Waals surface area (Å²) in [5.41, 5.74) is 24.4. The molecule has 0 saturated carbocycles. The molecule has 0 saturated heterocycles. The van der Waals surface area contributed by atoms with E-state index in [1.54, 1.807) is 0 Å². The summed E-state index contributed by atoms with van der Waals surface area (Å²) in [4.78, 5) is 5.27. The fourth-order valence-electron chi connectivity index (χ4n) is 12.8. The van der Waals surface area contributed by atoms with Crippen LogP contribution in [0.3, 0.4) is 0 Å². The number of fused-ring (bicyclic) bond motifs is 12. The van der Waals surface area contributed by atoms with Crippen LogP contribution in [-0.2, 0) is 27.1 Å². The number of aromatic nitrogens is 1. The fourth-order valence-corrected chi connectivity index (χ4v) is 15.3. The summed E-state index contributed by atoms with van der Waals surface area (Å²) in [7, 11) is 0. The van der Waals surface area contributed by atoms with Crippen molar-refractivity contribution < 1.29 is 0 Å². The molecule has 0 amide bonds. The van der Waals surface area contributed by atoms with Crippen molar-refractivity contribution in [3.63, 3.8) is 0 Å². The zero-order chi connectivity index (χ0) is 55.1. The second kappa shape index (κ2) is 17.0. The first-order valence-electron chi connectivity index (χ1n) is 28.3. The van der Waals surface area contributed by atoms with E-state index in [-0.39, 0.29) is 33.8 Å². The van der Waals surface area contributed by atoms with Gasteiger partial charge in [0.1, 0.15) is 0 Å². The molecule has 6 heteroatoms. The van der Waals surface area contributed by atoms with Gasteiger partial charge in [0.15, 0.2) is 0 Å². The molecular weight excluding hydrogens is 982 g/mol. The van der Waals surface area contributed by atoms with Crippen LogP contribution in [0.1, 0.15) is 143 Å². The minimum atomic E-state index is -0.148. The van der Waals surface area contributed by atoms with Gasteiger partial charge in [-0.05, 0) is 157 Å². The van der Waals surface area contributed by atoms with Gasteiger partial charge < -0.3 is 14.4 Å². The maximum Gasteiger partial charge on any atom is 0.252 e. The topological polar surface area (TPSA) is 11.4 Å². The molecule has 2 aliphatic heterocycles. The Morgan fingerprint density at radius 3 is 1.58 bits per heavy atom. The smallest absolute Gasteiger partial charge is 0.252 e. The Kier molecular flexibility index (Phi) is 11.1. The SMILES string of the molecule is Cc1cc(C(C)(C)C)ccc1N(c1ccc2c(c1)N(c1cccc3c1sc1cc(C(C)(C)C)ccc13)c1cc(C(C)(C)C)cc3c1B2c1cc(C(C)(C)C)cc2c4sc5ccccc5c4n-3c12)c1ccc(C(C)(C)C)cc1C. The summed E-state index contributed by atoms with van der Waals surface area (Å²) in [5.74, 6) is 0. The van der Waals surface area contributed by atoms with E-state index in [4.69, 9.17) is 0 Å². The first kappa shape index (κ1) is 50.9. The van der Waals surface area contributed by atoms with Crippen LogP contribution in [0.15, 0.2) is 140 Å². The van der Waals surface area contributed by atoms with Gasteiger partial charge in [-0.15, -0.1) is 22.7 Å². The Balaban J connectivity index is 1.18. The van der Waals surface area contributed by atoms with Gasteiger partial charge in [-0.25, -0.2) is 0 Å². The van der Waals surface area contributed by atoms with E-state index in [0.29, 0.717) is 0 Å². The third-order valence-corrected chi connectivity index (χ3v) is 19.8. The van der Waals surface area contributed by atoms with Crippen molar-refractivity contribution >= 4 is 131 Å². The molecule has 2 aliphatic rings. The third-order valence-electron chi connectivity index (χ3n) is 17.4.